The summed E-state index contributed by atoms with van der Waals surface area (Å²) < 4.78 is 0. The number of hydrogen-bond acceptors (Lipinski definition) is 2. The molecule has 0 radical (unpaired) electrons. The van der Waals surface area contributed by atoms with Crippen molar-refractivity contribution in [3.8, 4) is 0 Å². The van der Waals surface area contributed by atoms with Gasteiger partial charge in [-0.2, -0.15) is 0 Å². The molecular weight excluding hydrogens is 234 g/mol. The molecule has 0 amide bonds. The smallest absolute Gasteiger partial charge is 0.0499 e. The summed E-state index contributed by atoms with van der Waals surface area (Å²) in [5.74, 6) is 0.974. The van der Waals surface area contributed by atoms with Gasteiger partial charge >= 0.3 is 0 Å². The largest absolute Gasteiger partial charge is 0.396 e. The van der Waals surface area contributed by atoms with Crippen LogP contribution in [0.4, 0.5) is 0 Å². The number of aliphatic hydroxyl groups is 1. The fourth-order valence-corrected chi connectivity index (χ4v) is 5.02. The van der Waals surface area contributed by atoms with Gasteiger partial charge in [0.05, 0.1) is 0 Å². The first-order valence-corrected chi connectivity index (χ1v) is 8.68. The van der Waals surface area contributed by atoms with E-state index in [-0.39, 0.29) is 5.41 Å². The molecule has 110 valence electrons. The van der Waals surface area contributed by atoms with Crippen LogP contribution in [0.15, 0.2) is 0 Å². The molecule has 0 spiro atoms. The topological polar surface area (TPSA) is 23.5 Å². The summed E-state index contributed by atoms with van der Waals surface area (Å²) in [6.07, 6.45) is 15.2. The van der Waals surface area contributed by atoms with Crippen molar-refractivity contribution in [1.82, 2.24) is 4.90 Å². The molecule has 1 saturated heterocycles. The average Bonchev–Trinajstić information content (AvgIpc) is 3.10. The van der Waals surface area contributed by atoms with E-state index in [9.17, 15) is 5.11 Å². The molecule has 1 unspecified atom stereocenters. The minimum atomic E-state index is 0.249. The minimum absolute atomic E-state index is 0.249. The Labute approximate surface area is 118 Å². The Bertz CT molecular complexity index is 279. The first-order chi connectivity index (χ1) is 9.33. The summed E-state index contributed by atoms with van der Waals surface area (Å²) in [4.78, 5) is 2.78. The van der Waals surface area contributed by atoms with E-state index in [1.165, 1.54) is 83.7 Å². The molecule has 2 aliphatic carbocycles. The highest BCUT2D eigenvalue weighted by molar-refractivity contribution is 4.93. The molecule has 1 N–H and O–H groups in total. The molecule has 0 aromatic carbocycles. The van der Waals surface area contributed by atoms with Crippen LogP contribution in [-0.4, -0.2) is 35.7 Å². The van der Waals surface area contributed by atoms with Gasteiger partial charge < -0.3 is 5.11 Å². The summed E-state index contributed by atoms with van der Waals surface area (Å²) >= 11 is 0. The van der Waals surface area contributed by atoms with Crippen molar-refractivity contribution in [2.24, 2.45) is 11.3 Å². The van der Waals surface area contributed by atoms with Gasteiger partial charge in [-0.25, -0.2) is 0 Å². The summed E-state index contributed by atoms with van der Waals surface area (Å²) in [7, 11) is 0. The zero-order valence-corrected chi connectivity index (χ0v) is 12.4. The second-order valence-electron chi connectivity index (χ2n) is 7.44. The molecule has 1 atom stereocenters. The van der Waals surface area contributed by atoms with Crippen molar-refractivity contribution in [3.05, 3.63) is 0 Å². The molecular formula is C17H31NO. The number of hydrogen-bond donors (Lipinski definition) is 1. The van der Waals surface area contributed by atoms with Crippen molar-refractivity contribution in [3.63, 3.8) is 0 Å². The normalized spacial score (nSPS) is 33.0. The van der Waals surface area contributed by atoms with Crippen LogP contribution in [0.3, 0.4) is 0 Å². The van der Waals surface area contributed by atoms with Gasteiger partial charge in [0.15, 0.2) is 0 Å². The van der Waals surface area contributed by atoms with E-state index in [0.29, 0.717) is 6.61 Å². The van der Waals surface area contributed by atoms with Gasteiger partial charge in [0.2, 0.25) is 0 Å². The number of nitrogens with zero attached hydrogens (tertiary/aromatic N) is 1. The van der Waals surface area contributed by atoms with Gasteiger partial charge in [-0.05, 0) is 51.0 Å². The van der Waals surface area contributed by atoms with Gasteiger partial charge in [-0.15, -0.1) is 0 Å². The van der Waals surface area contributed by atoms with Gasteiger partial charge in [-0.3, -0.25) is 4.90 Å². The van der Waals surface area contributed by atoms with Gasteiger partial charge in [-0.1, -0.05) is 32.1 Å². The fraction of sp³-hybridized carbons (Fsp3) is 1.00. The Balaban J connectivity index is 1.63. The molecule has 1 aliphatic heterocycles. The molecule has 2 heteroatoms. The molecule has 0 aromatic heterocycles. The standard InChI is InChI=1S/C17H31NO/c19-14-17(10-4-1-5-11-17)13-18-12-6-9-16(18)15-7-2-3-8-15/h15-16,19H,1-14H2. The van der Waals surface area contributed by atoms with Crippen LogP contribution in [0.1, 0.15) is 70.6 Å². The predicted octanol–water partition coefficient (Wildman–Crippen LogP) is 3.58. The van der Waals surface area contributed by atoms with Gasteiger partial charge in [0.25, 0.3) is 0 Å². The minimum Gasteiger partial charge on any atom is -0.396 e. The van der Waals surface area contributed by atoms with Crippen LogP contribution in [0.25, 0.3) is 0 Å². The van der Waals surface area contributed by atoms with Gasteiger partial charge in [0.1, 0.15) is 0 Å². The highest BCUT2D eigenvalue weighted by Gasteiger charge is 2.39. The Morgan fingerprint density at radius 2 is 1.63 bits per heavy atom. The van der Waals surface area contributed by atoms with E-state index in [1.54, 1.807) is 0 Å². The maximum absolute atomic E-state index is 9.93. The second-order valence-corrected chi connectivity index (χ2v) is 7.44. The lowest BCUT2D eigenvalue weighted by atomic mass is 9.74. The Hall–Kier alpha value is -0.0800. The second kappa shape index (κ2) is 6.13. The molecule has 2 nitrogen and oxygen atoms in total. The van der Waals surface area contributed by atoms with E-state index in [4.69, 9.17) is 0 Å². The summed E-state index contributed by atoms with van der Waals surface area (Å²) in [6, 6.07) is 0.854. The molecule has 1 heterocycles. The van der Waals surface area contributed by atoms with E-state index in [0.717, 1.165) is 12.0 Å². The van der Waals surface area contributed by atoms with Crippen LogP contribution >= 0.6 is 0 Å². The molecule has 3 aliphatic rings. The third-order valence-electron chi connectivity index (χ3n) is 6.15. The van der Waals surface area contributed by atoms with Crippen LogP contribution in [-0.2, 0) is 0 Å². The Morgan fingerprint density at radius 3 is 2.32 bits per heavy atom. The third-order valence-corrected chi connectivity index (χ3v) is 6.15. The highest BCUT2D eigenvalue weighted by atomic mass is 16.3. The Morgan fingerprint density at radius 1 is 0.895 bits per heavy atom. The predicted molar refractivity (Wildman–Crippen MR) is 79.2 cm³/mol. The van der Waals surface area contributed by atoms with Crippen LogP contribution in [0.5, 0.6) is 0 Å². The maximum atomic E-state index is 9.93. The number of rotatable bonds is 4. The van der Waals surface area contributed by atoms with Crippen molar-refractivity contribution in [1.29, 1.82) is 0 Å². The third kappa shape index (κ3) is 3.00. The quantitative estimate of drug-likeness (QED) is 0.840. The summed E-state index contributed by atoms with van der Waals surface area (Å²) in [5.41, 5.74) is 0.249. The van der Waals surface area contributed by atoms with E-state index in [1.807, 2.05) is 0 Å². The van der Waals surface area contributed by atoms with Crippen LogP contribution in [0.2, 0.25) is 0 Å². The molecule has 2 saturated carbocycles. The monoisotopic (exact) mass is 265 g/mol. The molecule has 0 bridgehead atoms. The molecule has 0 aromatic rings. The Kier molecular flexibility index (Phi) is 4.48. The zero-order chi connectivity index (χ0) is 13.1. The fourth-order valence-electron chi connectivity index (χ4n) is 5.02. The van der Waals surface area contributed by atoms with Gasteiger partial charge in [0, 0.05) is 24.6 Å². The lowest BCUT2D eigenvalue weighted by molar-refractivity contribution is 0.0278. The lowest BCUT2D eigenvalue weighted by Crippen LogP contribution is -2.45. The van der Waals surface area contributed by atoms with E-state index < -0.39 is 0 Å². The maximum Gasteiger partial charge on any atom is 0.0499 e. The highest BCUT2D eigenvalue weighted by Crippen LogP contribution is 2.41. The SMILES string of the molecule is OCC1(CN2CCCC2C2CCCC2)CCCCC1. The van der Waals surface area contributed by atoms with Crippen molar-refractivity contribution in [2.45, 2.75) is 76.7 Å². The first kappa shape index (κ1) is 13.9. The van der Waals surface area contributed by atoms with E-state index in [2.05, 4.69) is 4.90 Å². The zero-order valence-electron chi connectivity index (χ0n) is 12.4. The van der Waals surface area contributed by atoms with E-state index >= 15 is 0 Å². The molecule has 3 fully saturated rings. The number of aliphatic hydroxyl groups excluding tert-OH is 1. The van der Waals surface area contributed by atoms with Crippen LogP contribution < -0.4 is 0 Å². The van der Waals surface area contributed by atoms with Crippen LogP contribution in [0, 0.1) is 11.3 Å². The first-order valence-electron chi connectivity index (χ1n) is 8.68. The van der Waals surface area contributed by atoms with Crippen molar-refractivity contribution < 1.29 is 5.11 Å². The molecule has 19 heavy (non-hydrogen) atoms. The number of likely N-dealkylation sites (tertiary alicyclic amines) is 1. The average molecular weight is 265 g/mol. The van der Waals surface area contributed by atoms with Crippen molar-refractivity contribution in [2.75, 3.05) is 19.7 Å². The molecule has 3 rings (SSSR count). The van der Waals surface area contributed by atoms with Crippen molar-refractivity contribution >= 4 is 0 Å². The lowest BCUT2D eigenvalue weighted by Gasteiger charge is -2.41. The summed E-state index contributed by atoms with van der Waals surface area (Å²) in [6.45, 7) is 2.90. The summed E-state index contributed by atoms with van der Waals surface area (Å²) in [5, 5.41) is 9.93.